The number of nitrogens with two attached hydrogens (primary N) is 2. The van der Waals surface area contributed by atoms with Crippen molar-refractivity contribution >= 4 is 18.5 Å². The van der Waals surface area contributed by atoms with Crippen LogP contribution in [0.25, 0.3) is 0 Å². The molecule has 0 aliphatic rings. The number of ether oxygens (including phenoxy) is 2. The first-order valence-electron chi connectivity index (χ1n) is 4.96. The second kappa shape index (κ2) is 7.76. The van der Waals surface area contributed by atoms with Crippen LogP contribution in [-0.2, 0) is 4.74 Å². The number of carbonyl (C=O) groups excluding carboxylic acids is 1. The zero-order valence-electron chi connectivity index (χ0n) is 9.59. The number of hydrogen-bond acceptors (Lipinski definition) is 4. The van der Waals surface area contributed by atoms with Crippen molar-refractivity contribution in [2.45, 2.75) is 12.5 Å². The maximum atomic E-state index is 10.4. The molecule has 0 fully saturated rings. The number of primary amides is 1. The predicted octanol–water partition coefficient (Wildman–Crippen LogP) is 1.60. The van der Waals surface area contributed by atoms with E-state index in [-0.39, 0.29) is 25.1 Å². The van der Waals surface area contributed by atoms with Gasteiger partial charge in [0, 0.05) is 18.0 Å². The number of halogens is 1. The maximum Gasteiger partial charge on any atom is 0.404 e. The lowest BCUT2D eigenvalue weighted by Crippen LogP contribution is -2.18. The van der Waals surface area contributed by atoms with Crippen LogP contribution in [0.15, 0.2) is 24.3 Å². The second-order valence-electron chi connectivity index (χ2n) is 3.30. The summed E-state index contributed by atoms with van der Waals surface area (Å²) in [5.41, 5.74) is 11.7. The molecule has 0 aromatic heterocycles. The van der Waals surface area contributed by atoms with Gasteiger partial charge in [-0.05, 0) is 6.07 Å². The number of hydrogen-bond donors (Lipinski definition) is 2. The zero-order valence-corrected chi connectivity index (χ0v) is 10.4. The lowest BCUT2D eigenvalue weighted by atomic mass is 10.0. The highest BCUT2D eigenvalue weighted by Crippen LogP contribution is 2.24. The third-order valence-corrected chi connectivity index (χ3v) is 2.21. The highest BCUT2D eigenvalue weighted by Gasteiger charge is 2.11. The maximum absolute atomic E-state index is 10.4. The van der Waals surface area contributed by atoms with Gasteiger partial charge in [0.1, 0.15) is 5.75 Å². The number of methoxy groups -OCH3 is 1. The van der Waals surface area contributed by atoms with E-state index in [0.29, 0.717) is 6.42 Å². The molecular formula is C11H17ClN2O3. The molecule has 0 spiro atoms. The smallest absolute Gasteiger partial charge is 0.404 e. The molecule has 4 N–H and O–H groups in total. The third kappa shape index (κ3) is 4.93. The Hall–Kier alpha value is -1.46. The van der Waals surface area contributed by atoms with Crippen LogP contribution in [0.3, 0.4) is 0 Å². The molecule has 6 heteroatoms. The summed E-state index contributed by atoms with van der Waals surface area (Å²) in [4.78, 5) is 10.4. The average molecular weight is 261 g/mol. The lowest BCUT2D eigenvalue weighted by Gasteiger charge is -2.15. The van der Waals surface area contributed by atoms with Crippen molar-refractivity contribution in [2.75, 3.05) is 13.7 Å². The van der Waals surface area contributed by atoms with E-state index in [1.165, 1.54) is 0 Å². The molecule has 0 saturated carbocycles. The van der Waals surface area contributed by atoms with Gasteiger partial charge in [0.2, 0.25) is 0 Å². The molecule has 0 aliphatic carbocycles. The molecule has 0 heterocycles. The van der Waals surface area contributed by atoms with Gasteiger partial charge in [-0.1, -0.05) is 18.2 Å². The Labute approximate surface area is 106 Å². The summed E-state index contributed by atoms with van der Waals surface area (Å²) in [5.74, 6) is 0.731. The van der Waals surface area contributed by atoms with E-state index < -0.39 is 6.09 Å². The average Bonchev–Trinajstić information content (AvgIpc) is 2.28. The lowest BCUT2D eigenvalue weighted by molar-refractivity contribution is 0.152. The van der Waals surface area contributed by atoms with Gasteiger partial charge in [-0.15, -0.1) is 12.4 Å². The molecule has 1 rings (SSSR count). The molecule has 1 aromatic rings. The fourth-order valence-corrected chi connectivity index (χ4v) is 1.41. The van der Waals surface area contributed by atoms with Crippen LogP contribution in [0.4, 0.5) is 4.79 Å². The largest absolute Gasteiger partial charge is 0.496 e. The van der Waals surface area contributed by atoms with Gasteiger partial charge in [0.25, 0.3) is 0 Å². The summed E-state index contributed by atoms with van der Waals surface area (Å²) in [7, 11) is 1.59. The molecule has 5 nitrogen and oxygen atoms in total. The van der Waals surface area contributed by atoms with E-state index >= 15 is 0 Å². The monoisotopic (exact) mass is 260 g/mol. The SMILES string of the molecule is COc1ccccc1C(N)CCOC(N)=O.Cl. The van der Waals surface area contributed by atoms with Crippen LogP contribution in [0.5, 0.6) is 5.75 Å². The van der Waals surface area contributed by atoms with E-state index in [9.17, 15) is 4.79 Å². The van der Waals surface area contributed by atoms with E-state index in [4.69, 9.17) is 16.2 Å². The summed E-state index contributed by atoms with van der Waals surface area (Å²) in [5, 5.41) is 0. The molecule has 1 aromatic carbocycles. The van der Waals surface area contributed by atoms with Crippen LogP contribution in [0.1, 0.15) is 18.0 Å². The van der Waals surface area contributed by atoms with Gasteiger partial charge in [-0.2, -0.15) is 0 Å². The topological polar surface area (TPSA) is 87.6 Å². The first-order chi connectivity index (χ1) is 7.65. The minimum absolute atomic E-state index is 0. The van der Waals surface area contributed by atoms with Crippen LogP contribution >= 0.6 is 12.4 Å². The Morgan fingerprint density at radius 1 is 1.41 bits per heavy atom. The van der Waals surface area contributed by atoms with Crippen molar-refractivity contribution in [2.24, 2.45) is 11.5 Å². The van der Waals surface area contributed by atoms with Crippen molar-refractivity contribution in [1.82, 2.24) is 0 Å². The first-order valence-corrected chi connectivity index (χ1v) is 4.96. The molecule has 0 saturated heterocycles. The Kier molecular flexibility index (Phi) is 7.09. The molecule has 17 heavy (non-hydrogen) atoms. The van der Waals surface area contributed by atoms with Crippen molar-refractivity contribution < 1.29 is 14.3 Å². The van der Waals surface area contributed by atoms with Gasteiger partial charge in [-0.25, -0.2) is 4.79 Å². The van der Waals surface area contributed by atoms with Gasteiger partial charge in [0.05, 0.1) is 13.7 Å². The first kappa shape index (κ1) is 15.5. The summed E-state index contributed by atoms with van der Waals surface area (Å²) in [6, 6.07) is 7.23. The quantitative estimate of drug-likeness (QED) is 0.842. The summed E-state index contributed by atoms with van der Waals surface area (Å²) < 4.78 is 9.81. The Bertz CT molecular complexity index is 360. The van der Waals surface area contributed by atoms with Crippen LogP contribution in [0.2, 0.25) is 0 Å². The highest BCUT2D eigenvalue weighted by molar-refractivity contribution is 5.85. The molecule has 96 valence electrons. The predicted molar refractivity (Wildman–Crippen MR) is 67.3 cm³/mol. The molecule has 1 atom stereocenters. The molecule has 0 bridgehead atoms. The number of carbonyl (C=O) groups is 1. The van der Waals surface area contributed by atoms with Crippen LogP contribution < -0.4 is 16.2 Å². The van der Waals surface area contributed by atoms with E-state index in [1.54, 1.807) is 7.11 Å². The number of amides is 1. The molecule has 0 radical (unpaired) electrons. The van der Waals surface area contributed by atoms with Gasteiger partial charge >= 0.3 is 6.09 Å². The van der Waals surface area contributed by atoms with Crippen LogP contribution in [0, 0.1) is 0 Å². The van der Waals surface area contributed by atoms with Gasteiger partial charge < -0.3 is 20.9 Å². The fourth-order valence-electron chi connectivity index (χ4n) is 1.41. The fraction of sp³-hybridized carbons (Fsp3) is 0.364. The molecular weight excluding hydrogens is 244 g/mol. The summed E-state index contributed by atoms with van der Waals surface area (Å²) >= 11 is 0. The molecule has 1 amide bonds. The Balaban J connectivity index is 0.00000256. The zero-order chi connectivity index (χ0) is 12.0. The minimum atomic E-state index is -0.785. The number of rotatable bonds is 5. The Morgan fingerprint density at radius 3 is 2.65 bits per heavy atom. The van der Waals surface area contributed by atoms with Crippen molar-refractivity contribution in [3.05, 3.63) is 29.8 Å². The van der Waals surface area contributed by atoms with Crippen molar-refractivity contribution in [3.63, 3.8) is 0 Å². The highest BCUT2D eigenvalue weighted by atomic mass is 35.5. The van der Waals surface area contributed by atoms with E-state index in [0.717, 1.165) is 11.3 Å². The van der Waals surface area contributed by atoms with E-state index in [2.05, 4.69) is 4.74 Å². The van der Waals surface area contributed by atoms with Crippen molar-refractivity contribution in [3.8, 4) is 5.75 Å². The Morgan fingerprint density at radius 2 is 2.06 bits per heavy atom. The van der Waals surface area contributed by atoms with Gasteiger partial charge in [-0.3, -0.25) is 0 Å². The standard InChI is InChI=1S/C11H16N2O3.ClH/c1-15-10-5-3-2-4-8(10)9(12)6-7-16-11(13)14;/h2-5,9H,6-7,12H2,1H3,(H2,13,14);1H. The second-order valence-corrected chi connectivity index (χ2v) is 3.30. The number of benzene rings is 1. The van der Waals surface area contributed by atoms with Crippen molar-refractivity contribution in [1.29, 1.82) is 0 Å². The summed E-state index contributed by atoms with van der Waals surface area (Å²) in [6.45, 7) is 0.203. The van der Waals surface area contributed by atoms with E-state index in [1.807, 2.05) is 24.3 Å². The summed E-state index contributed by atoms with van der Waals surface area (Å²) in [6.07, 6.45) is -0.282. The molecule has 0 aliphatic heterocycles. The van der Waals surface area contributed by atoms with Crippen LogP contribution in [-0.4, -0.2) is 19.8 Å². The minimum Gasteiger partial charge on any atom is -0.496 e. The number of para-hydroxylation sites is 1. The molecule has 1 unspecified atom stereocenters. The van der Waals surface area contributed by atoms with Gasteiger partial charge in [0.15, 0.2) is 0 Å². The third-order valence-electron chi connectivity index (χ3n) is 2.21. The normalized spacial score (nSPS) is 11.2.